The summed E-state index contributed by atoms with van der Waals surface area (Å²) in [5.74, 6) is -0.470. The first-order chi connectivity index (χ1) is 17.3. The summed E-state index contributed by atoms with van der Waals surface area (Å²) in [5, 5.41) is 23.4. The van der Waals surface area contributed by atoms with Crippen molar-refractivity contribution in [2.45, 2.75) is 19.1 Å². The molecule has 2 atom stereocenters. The van der Waals surface area contributed by atoms with Crippen LogP contribution in [0.5, 0.6) is 0 Å². The van der Waals surface area contributed by atoms with Gasteiger partial charge in [0.05, 0.1) is 40.6 Å². The van der Waals surface area contributed by atoms with E-state index < -0.39 is 23.7 Å². The average molecular weight is 507 g/mol. The van der Waals surface area contributed by atoms with Crippen molar-refractivity contribution in [3.63, 3.8) is 0 Å². The third-order valence-electron chi connectivity index (χ3n) is 5.70. The maximum Gasteiger partial charge on any atom is 0.282 e. The van der Waals surface area contributed by atoms with Crippen LogP contribution >= 0.6 is 11.5 Å². The van der Waals surface area contributed by atoms with Crippen LogP contribution in [0.2, 0.25) is 0 Å². The van der Waals surface area contributed by atoms with Gasteiger partial charge in [-0.2, -0.15) is 9.36 Å². The van der Waals surface area contributed by atoms with Crippen molar-refractivity contribution < 1.29 is 14.6 Å². The molecule has 3 aromatic heterocycles. The molecule has 0 spiro atoms. The molecule has 0 radical (unpaired) electrons. The zero-order valence-corrected chi connectivity index (χ0v) is 19.9. The smallest absolute Gasteiger partial charge is 0.282 e. The quantitative estimate of drug-likeness (QED) is 0.199. The molecule has 1 saturated heterocycles. The largest absolute Gasteiger partial charge is 0.382 e. The van der Waals surface area contributed by atoms with E-state index in [9.17, 15) is 14.7 Å². The number of benzene rings is 1. The molecule has 1 amide bonds. The number of aromatic nitrogens is 4. The minimum absolute atomic E-state index is 0.0699. The molecule has 0 saturated carbocycles. The summed E-state index contributed by atoms with van der Waals surface area (Å²) in [6.07, 6.45) is 1.90. The van der Waals surface area contributed by atoms with Gasteiger partial charge in [0.2, 0.25) is 0 Å². The number of morpholine rings is 1. The number of amides is 1. The first kappa shape index (κ1) is 23.5. The molecule has 1 fully saturated rings. The number of ether oxygens (including phenoxy) is 1. The number of carbonyl (C=O) groups is 1. The number of nitrogens with zero attached hydrogens (tertiary/aromatic N) is 4. The summed E-state index contributed by atoms with van der Waals surface area (Å²) in [6.45, 7) is 2.00. The Bertz CT molecular complexity index is 1570. The molecule has 184 valence electrons. The molecule has 5 rings (SSSR count). The number of amidine groups is 1. The fourth-order valence-corrected chi connectivity index (χ4v) is 4.86. The van der Waals surface area contributed by atoms with Crippen LogP contribution in [-0.4, -0.2) is 60.3 Å². The van der Waals surface area contributed by atoms with Crippen molar-refractivity contribution in [3.8, 4) is 0 Å². The number of carbonyl (C=O) groups excluding carboxylic acids is 1. The number of H-pyrrole nitrogens is 1. The fourth-order valence-electron chi connectivity index (χ4n) is 4.01. The molecule has 1 aliphatic heterocycles. The maximum absolute atomic E-state index is 13.1. The highest BCUT2D eigenvalue weighted by Gasteiger charge is 2.38. The number of nitrogens with two attached hydrogens (primary N) is 1. The second-order valence-corrected chi connectivity index (χ2v) is 8.94. The average Bonchev–Trinajstić information content (AvgIpc) is 3.24. The van der Waals surface area contributed by atoms with Gasteiger partial charge in [-0.15, -0.1) is 0 Å². The van der Waals surface area contributed by atoms with Crippen LogP contribution in [0.1, 0.15) is 18.9 Å². The molecule has 1 aliphatic rings. The molecule has 6 N–H and O–H groups in total. The number of aromatic amines is 1. The summed E-state index contributed by atoms with van der Waals surface area (Å²) in [6, 6.07) is 6.98. The van der Waals surface area contributed by atoms with E-state index in [1.807, 2.05) is 6.07 Å². The van der Waals surface area contributed by atoms with Crippen molar-refractivity contribution in [1.29, 1.82) is 5.41 Å². The molecule has 2 unspecified atom stereocenters. The highest BCUT2D eigenvalue weighted by atomic mass is 32.1. The van der Waals surface area contributed by atoms with Crippen molar-refractivity contribution in [2.24, 2.45) is 0 Å². The van der Waals surface area contributed by atoms with E-state index >= 15 is 0 Å². The van der Waals surface area contributed by atoms with Crippen LogP contribution in [0.4, 0.5) is 11.5 Å². The third kappa shape index (κ3) is 4.30. The van der Waals surface area contributed by atoms with Crippen LogP contribution in [0.3, 0.4) is 0 Å². The van der Waals surface area contributed by atoms with Gasteiger partial charge in [-0.1, -0.05) is 0 Å². The molecule has 12 nitrogen and oxygen atoms in total. The Kier molecular flexibility index (Phi) is 6.18. The zero-order valence-electron chi connectivity index (χ0n) is 19.1. The van der Waals surface area contributed by atoms with Gasteiger partial charge in [0.15, 0.2) is 6.10 Å². The van der Waals surface area contributed by atoms with Crippen molar-refractivity contribution >= 4 is 55.8 Å². The lowest BCUT2D eigenvalue weighted by atomic mass is 10.1. The normalized spacial score (nSPS) is 17.5. The van der Waals surface area contributed by atoms with Crippen molar-refractivity contribution in [3.05, 3.63) is 64.6 Å². The highest BCUT2D eigenvalue weighted by molar-refractivity contribution is 7.14. The molecule has 4 aromatic rings. The number of nitrogen functional groups attached to an aromatic ring is 1. The molecule has 1 aromatic carbocycles. The first-order valence-corrected chi connectivity index (χ1v) is 11.7. The van der Waals surface area contributed by atoms with Gasteiger partial charge in [0.25, 0.3) is 11.5 Å². The number of allylic oxidation sites excluding steroid dienone is 1. The molecule has 36 heavy (non-hydrogen) atoms. The third-order valence-corrected chi connectivity index (χ3v) is 6.60. The number of rotatable bonds is 5. The van der Waals surface area contributed by atoms with E-state index in [1.54, 1.807) is 37.5 Å². The van der Waals surface area contributed by atoms with Gasteiger partial charge in [0.1, 0.15) is 23.6 Å². The minimum atomic E-state index is -1.55. The summed E-state index contributed by atoms with van der Waals surface area (Å²) in [7, 11) is 0. The number of nitrogens with one attached hydrogen (secondary N) is 3. The van der Waals surface area contributed by atoms with Crippen LogP contribution in [-0.2, 0) is 9.53 Å². The van der Waals surface area contributed by atoms with Crippen LogP contribution in [0.15, 0.2) is 53.2 Å². The Morgan fingerprint density at radius 3 is 3.03 bits per heavy atom. The highest BCUT2D eigenvalue weighted by Crippen LogP contribution is 2.30. The first-order valence-electron chi connectivity index (χ1n) is 11.0. The molecule has 0 bridgehead atoms. The Hall–Kier alpha value is -4.20. The molecule has 4 heterocycles. The Labute approximate surface area is 208 Å². The number of aliphatic hydroxyl groups excluding tert-OH is 1. The van der Waals surface area contributed by atoms with Crippen molar-refractivity contribution in [1.82, 2.24) is 24.2 Å². The molecular weight excluding hydrogens is 484 g/mol. The number of pyridine rings is 1. The number of aliphatic hydroxyl groups is 1. The molecule has 0 aliphatic carbocycles. The monoisotopic (exact) mass is 506 g/mol. The topological polar surface area (TPSA) is 183 Å². The number of hydrogen-bond donors (Lipinski definition) is 5. The van der Waals surface area contributed by atoms with E-state index in [-0.39, 0.29) is 24.8 Å². The van der Waals surface area contributed by atoms with Gasteiger partial charge < -0.3 is 25.9 Å². The summed E-state index contributed by atoms with van der Waals surface area (Å²) in [4.78, 5) is 38.1. The van der Waals surface area contributed by atoms with Gasteiger partial charge >= 0.3 is 0 Å². The van der Waals surface area contributed by atoms with E-state index in [4.69, 9.17) is 15.9 Å². The molecular formula is C23H22N8O4S. The van der Waals surface area contributed by atoms with Crippen LogP contribution < -0.4 is 16.6 Å². The summed E-state index contributed by atoms with van der Waals surface area (Å²) < 4.78 is 10.2. The maximum atomic E-state index is 13.1. The number of anilines is 2. The SMILES string of the molecule is C/C(=C/C(=N)N1CCOC(C(O)c2nc(=O)c3c(ccc4c(N)nsc43)[nH]2)C1=O)Nc1cccnc1. The Morgan fingerprint density at radius 1 is 1.42 bits per heavy atom. The lowest BCUT2D eigenvalue weighted by Crippen LogP contribution is -2.52. The van der Waals surface area contributed by atoms with Gasteiger partial charge in [-0.25, -0.2) is 0 Å². The summed E-state index contributed by atoms with van der Waals surface area (Å²) >= 11 is 1.09. The number of fused-ring (bicyclic) bond motifs is 3. The van der Waals surface area contributed by atoms with E-state index in [0.717, 1.165) is 17.2 Å². The van der Waals surface area contributed by atoms with E-state index in [1.165, 1.54) is 11.0 Å². The van der Waals surface area contributed by atoms with Crippen molar-refractivity contribution in [2.75, 3.05) is 24.2 Å². The Morgan fingerprint density at radius 2 is 2.25 bits per heavy atom. The van der Waals surface area contributed by atoms with Crippen LogP contribution in [0.25, 0.3) is 21.0 Å². The number of hydrogen-bond acceptors (Lipinski definition) is 11. The minimum Gasteiger partial charge on any atom is -0.382 e. The van der Waals surface area contributed by atoms with Gasteiger partial charge in [-0.3, -0.25) is 24.9 Å². The standard InChI is InChI=1S/C23H22N8O4S/c1-11(27-12-3-2-6-26-10-12)9-15(24)31-7-8-35-18(23(31)34)17(32)21-28-14-5-4-13-19(36-30-20(13)25)16(14)22(33)29-21/h2-6,9-10,17-18,24,27,32H,7-8H2,1H3,(H2,25,30)(H,28,29,33)/b11-9-,24-15?. The lowest BCUT2D eigenvalue weighted by molar-refractivity contribution is -0.157. The van der Waals surface area contributed by atoms with Gasteiger partial charge in [0, 0.05) is 17.3 Å². The predicted octanol–water partition coefficient (Wildman–Crippen LogP) is 1.76. The molecule has 13 heteroatoms. The summed E-state index contributed by atoms with van der Waals surface area (Å²) in [5.41, 5.74) is 7.06. The second-order valence-electron chi connectivity index (χ2n) is 8.17. The Balaban J connectivity index is 1.38. The van der Waals surface area contributed by atoms with Crippen LogP contribution in [0, 0.1) is 5.41 Å². The lowest BCUT2D eigenvalue weighted by Gasteiger charge is -2.33. The van der Waals surface area contributed by atoms with E-state index in [0.29, 0.717) is 32.5 Å². The van der Waals surface area contributed by atoms with E-state index in [2.05, 4.69) is 24.6 Å². The van der Waals surface area contributed by atoms with Gasteiger partial charge in [-0.05, 0) is 48.8 Å². The second kappa shape index (κ2) is 9.45. The predicted molar refractivity (Wildman–Crippen MR) is 136 cm³/mol. The fraction of sp³-hybridized carbons (Fsp3) is 0.217. The zero-order chi connectivity index (χ0) is 25.4.